The van der Waals surface area contributed by atoms with Crippen LogP contribution in [0.2, 0.25) is 0 Å². The number of nitrogens with one attached hydrogen (secondary N) is 1. The molecule has 0 unspecified atom stereocenters. The molecule has 0 aromatic heterocycles. The molecule has 5 heteroatoms. The van der Waals surface area contributed by atoms with E-state index in [0.29, 0.717) is 6.54 Å². The minimum Gasteiger partial charge on any atom is -0.315 e. The molecule has 0 bridgehead atoms. The van der Waals surface area contributed by atoms with Gasteiger partial charge in [-0.05, 0) is 26.1 Å². The van der Waals surface area contributed by atoms with Crippen molar-refractivity contribution in [2.75, 3.05) is 32.7 Å². The van der Waals surface area contributed by atoms with Gasteiger partial charge in [0.15, 0.2) is 0 Å². The van der Waals surface area contributed by atoms with Gasteiger partial charge in [0.05, 0.1) is 0 Å². The first-order valence-corrected chi connectivity index (χ1v) is 5.49. The second kappa shape index (κ2) is 7.93. The van der Waals surface area contributed by atoms with Crippen molar-refractivity contribution in [3.8, 4) is 0 Å². The Kier molecular flexibility index (Phi) is 7.78. The van der Waals surface area contributed by atoms with Gasteiger partial charge < -0.3 is 10.2 Å². The Morgan fingerprint density at radius 2 is 1.67 bits per heavy atom. The number of likely N-dealkylation sites (N-methyl/N-ethyl adjacent to an activating group) is 1. The Labute approximate surface area is 89.8 Å². The van der Waals surface area contributed by atoms with E-state index in [1.807, 2.05) is 0 Å². The number of rotatable bonds is 8. The Hall–Kier alpha value is -0.290. The molecule has 0 heterocycles. The predicted molar refractivity (Wildman–Crippen MR) is 55.9 cm³/mol. The van der Waals surface area contributed by atoms with E-state index < -0.39 is 12.6 Å². The Morgan fingerprint density at radius 3 is 2.13 bits per heavy atom. The van der Waals surface area contributed by atoms with E-state index in [-0.39, 0.29) is 6.42 Å². The molecule has 0 saturated heterocycles. The molecule has 0 aliphatic rings. The summed E-state index contributed by atoms with van der Waals surface area (Å²) in [4.78, 5) is 2.23. The Morgan fingerprint density at radius 1 is 1.07 bits per heavy atom. The lowest BCUT2D eigenvalue weighted by molar-refractivity contribution is -0.135. The van der Waals surface area contributed by atoms with Crippen LogP contribution >= 0.6 is 0 Å². The lowest BCUT2D eigenvalue weighted by Gasteiger charge is -2.18. The lowest BCUT2D eigenvalue weighted by atomic mass is 10.3. The highest BCUT2D eigenvalue weighted by atomic mass is 19.4. The number of nitrogens with zero attached hydrogens (tertiary/aromatic N) is 1. The molecule has 0 spiro atoms. The lowest BCUT2D eigenvalue weighted by Crippen LogP contribution is -2.32. The molecule has 0 atom stereocenters. The minimum absolute atomic E-state index is 0.168. The molecular formula is C10H21F3N2. The Balaban J connectivity index is 3.25. The van der Waals surface area contributed by atoms with Gasteiger partial charge in [0.25, 0.3) is 0 Å². The zero-order valence-corrected chi connectivity index (χ0v) is 9.53. The monoisotopic (exact) mass is 226 g/mol. The van der Waals surface area contributed by atoms with Crippen LogP contribution in [0.4, 0.5) is 13.2 Å². The van der Waals surface area contributed by atoms with Gasteiger partial charge in [-0.3, -0.25) is 0 Å². The molecular weight excluding hydrogens is 205 g/mol. The molecule has 0 saturated carbocycles. The SMILES string of the molecule is CCN(CC)CCNCCCC(F)(F)F. The van der Waals surface area contributed by atoms with Crippen molar-refractivity contribution in [1.82, 2.24) is 10.2 Å². The first-order valence-electron chi connectivity index (χ1n) is 5.49. The quantitative estimate of drug-likeness (QED) is 0.639. The average molecular weight is 226 g/mol. The average Bonchev–Trinajstić information content (AvgIpc) is 2.15. The number of halogens is 3. The van der Waals surface area contributed by atoms with Gasteiger partial charge in [-0.15, -0.1) is 0 Å². The molecule has 0 fully saturated rings. The van der Waals surface area contributed by atoms with Crippen LogP contribution in [0.25, 0.3) is 0 Å². The van der Waals surface area contributed by atoms with Crippen LogP contribution in [-0.2, 0) is 0 Å². The van der Waals surface area contributed by atoms with Crippen molar-refractivity contribution in [1.29, 1.82) is 0 Å². The standard InChI is InChI=1S/C10H21F3N2/c1-3-15(4-2)9-8-14-7-5-6-10(11,12)13/h14H,3-9H2,1-2H3. The third-order valence-electron chi connectivity index (χ3n) is 2.31. The van der Waals surface area contributed by atoms with Crippen molar-refractivity contribution in [3.63, 3.8) is 0 Å². The fraction of sp³-hybridized carbons (Fsp3) is 1.00. The molecule has 0 aliphatic carbocycles. The second-order valence-electron chi connectivity index (χ2n) is 3.50. The summed E-state index contributed by atoms with van der Waals surface area (Å²) in [6.07, 6.45) is -4.53. The third-order valence-corrected chi connectivity index (χ3v) is 2.31. The first kappa shape index (κ1) is 14.7. The summed E-state index contributed by atoms with van der Waals surface area (Å²) < 4.78 is 35.3. The molecule has 0 aromatic rings. The maximum atomic E-state index is 11.8. The summed E-state index contributed by atoms with van der Waals surface area (Å²) in [6, 6.07) is 0. The number of hydrogen-bond acceptors (Lipinski definition) is 2. The number of hydrogen-bond donors (Lipinski definition) is 1. The molecule has 0 aromatic carbocycles. The van der Waals surface area contributed by atoms with Gasteiger partial charge >= 0.3 is 6.18 Å². The van der Waals surface area contributed by atoms with Crippen LogP contribution in [0.1, 0.15) is 26.7 Å². The van der Waals surface area contributed by atoms with Crippen LogP contribution in [-0.4, -0.2) is 43.8 Å². The van der Waals surface area contributed by atoms with Crippen LogP contribution in [0.15, 0.2) is 0 Å². The molecule has 1 N–H and O–H groups in total. The third kappa shape index (κ3) is 10.0. The zero-order valence-electron chi connectivity index (χ0n) is 9.53. The summed E-state index contributed by atoms with van der Waals surface area (Å²) in [5, 5.41) is 3.02. The number of alkyl halides is 3. The molecule has 15 heavy (non-hydrogen) atoms. The molecule has 0 rings (SSSR count). The summed E-state index contributed by atoms with van der Waals surface area (Å²) in [5.74, 6) is 0. The van der Waals surface area contributed by atoms with E-state index >= 15 is 0 Å². The van der Waals surface area contributed by atoms with Crippen molar-refractivity contribution in [2.24, 2.45) is 0 Å². The van der Waals surface area contributed by atoms with E-state index in [0.717, 1.165) is 26.2 Å². The zero-order chi connectivity index (χ0) is 11.7. The minimum atomic E-state index is -4.01. The molecule has 0 radical (unpaired) electrons. The van der Waals surface area contributed by atoms with Gasteiger partial charge in [-0.2, -0.15) is 13.2 Å². The largest absolute Gasteiger partial charge is 0.389 e. The Bertz CT molecular complexity index is 144. The van der Waals surface area contributed by atoms with E-state index in [2.05, 4.69) is 24.1 Å². The highest BCUT2D eigenvalue weighted by molar-refractivity contribution is 4.57. The summed E-state index contributed by atoms with van der Waals surface area (Å²) >= 11 is 0. The highest BCUT2D eigenvalue weighted by Gasteiger charge is 2.25. The first-order chi connectivity index (χ1) is 6.99. The van der Waals surface area contributed by atoms with E-state index in [1.54, 1.807) is 0 Å². The van der Waals surface area contributed by atoms with Gasteiger partial charge in [-0.1, -0.05) is 13.8 Å². The smallest absolute Gasteiger partial charge is 0.315 e. The van der Waals surface area contributed by atoms with Crippen LogP contribution in [0.5, 0.6) is 0 Å². The fourth-order valence-corrected chi connectivity index (χ4v) is 1.32. The molecule has 0 aliphatic heterocycles. The second-order valence-corrected chi connectivity index (χ2v) is 3.50. The van der Waals surface area contributed by atoms with Crippen LogP contribution < -0.4 is 5.32 Å². The van der Waals surface area contributed by atoms with Crippen LogP contribution in [0, 0.1) is 0 Å². The molecule has 0 amide bonds. The van der Waals surface area contributed by atoms with Gasteiger partial charge in [0.2, 0.25) is 0 Å². The predicted octanol–water partition coefficient (Wildman–Crippen LogP) is 2.26. The maximum Gasteiger partial charge on any atom is 0.389 e. The summed E-state index contributed by atoms with van der Waals surface area (Å²) in [7, 11) is 0. The topological polar surface area (TPSA) is 15.3 Å². The molecule has 92 valence electrons. The maximum absolute atomic E-state index is 11.8. The van der Waals surface area contributed by atoms with Crippen molar-refractivity contribution < 1.29 is 13.2 Å². The van der Waals surface area contributed by atoms with Gasteiger partial charge in [0, 0.05) is 19.5 Å². The normalized spacial score (nSPS) is 12.4. The van der Waals surface area contributed by atoms with E-state index in [4.69, 9.17) is 0 Å². The van der Waals surface area contributed by atoms with Crippen molar-refractivity contribution >= 4 is 0 Å². The van der Waals surface area contributed by atoms with E-state index in [9.17, 15) is 13.2 Å². The van der Waals surface area contributed by atoms with Crippen molar-refractivity contribution in [3.05, 3.63) is 0 Å². The highest BCUT2D eigenvalue weighted by Crippen LogP contribution is 2.20. The summed E-state index contributed by atoms with van der Waals surface area (Å²) in [5.41, 5.74) is 0. The van der Waals surface area contributed by atoms with Crippen LogP contribution in [0.3, 0.4) is 0 Å². The van der Waals surface area contributed by atoms with Gasteiger partial charge in [-0.25, -0.2) is 0 Å². The fourth-order valence-electron chi connectivity index (χ4n) is 1.32. The molecule has 2 nitrogen and oxygen atoms in total. The van der Waals surface area contributed by atoms with Gasteiger partial charge in [0.1, 0.15) is 0 Å². The van der Waals surface area contributed by atoms with E-state index in [1.165, 1.54) is 0 Å². The van der Waals surface area contributed by atoms with Crippen molar-refractivity contribution in [2.45, 2.75) is 32.9 Å². The summed E-state index contributed by atoms with van der Waals surface area (Å²) in [6.45, 7) is 8.24.